The van der Waals surface area contributed by atoms with Gasteiger partial charge in [-0.15, -0.1) is 5.10 Å². The lowest BCUT2D eigenvalue weighted by atomic mass is 10.0. The Hall–Kier alpha value is -2.12. The van der Waals surface area contributed by atoms with Crippen LogP contribution in [0.2, 0.25) is 0 Å². The van der Waals surface area contributed by atoms with E-state index in [-0.39, 0.29) is 6.10 Å². The zero-order valence-corrected chi connectivity index (χ0v) is 14.9. The minimum absolute atomic E-state index is 0.283. The first-order valence-corrected chi connectivity index (χ1v) is 9.38. The van der Waals surface area contributed by atoms with Crippen molar-refractivity contribution in [2.45, 2.75) is 58.1 Å². The monoisotopic (exact) mass is 335 g/mol. The number of hydrogen-bond donors (Lipinski definition) is 0. The van der Waals surface area contributed by atoms with Crippen LogP contribution in [0.4, 0.5) is 0 Å². The summed E-state index contributed by atoms with van der Waals surface area (Å²) in [7, 11) is 0. The Morgan fingerprint density at radius 2 is 2.16 bits per heavy atom. The average Bonchev–Trinajstić information content (AvgIpc) is 3.36. The lowest BCUT2D eigenvalue weighted by Gasteiger charge is -2.21. The zero-order chi connectivity index (χ0) is 17.1. The van der Waals surface area contributed by atoms with E-state index < -0.39 is 0 Å². The highest BCUT2D eigenvalue weighted by molar-refractivity contribution is 5.42. The van der Waals surface area contributed by atoms with E-state index in [1.165, 1.54) is 36.8 Å². The SMILES string of the molecule is Cc1ccc(C#CC2CC2)cc1Cc1cn(CC2CCCCO2)nn1. The van der Waals surface area contributed by atoms with Crippen LogP contribution in [-0.4, -0.2) is 27.7 Å². The molecule has 1 aromatic carbocycles. The van der Waals surface area contributed by atoms with Gasteiger partial charge in [0.2, 0.25) is 0 Å². The molecule has 25 heavy (non-hydrogen) atoms. The summed E-state index contributed by atoms with van der Waals surface area (Å²) >= 11 is 0. The Morgan fingerprint density at radius 1 is 1.24 bits per heavy atom. The molecule has 1 unspecified atom stereocenters. The summed E-state index contributed by atoms with van der Waals surface area (Å²) in [5.41, 5.74) is 4.67. The second kappa shape index (κ2) is 7.41. The third-order valence-corrected chi connectivity index (χ3v) is 4.97. The predicted octanol–water partition coefficient (Wildman–Crippen LogP) is 3.51. The van der Waals surface area contributed by atoms with Crippen LogP contribution in [0.3, 0.4) is 0 Å². The quantitative estimate of drug-likeness (QED) is 0.803. The lowest BCUT2D eigenvalue weighted by Crippen LogP contribution is -2.24. The molecule has 2 aromatic rings. The van der Waals surface area contributed by atoms with Gasteiger partial charge in [0.05, 0.1) is 18.3 Å². The van der Waals surface area contributed by atoms with Crippen LogP contribution in [0.5, 0.6) is 0 Å². The van der Waals surface area contributed by atoms with Crippen molar-refractivity contribution >= 4 is 0 Å². The number of ether oxygens (including phenoxy) is 1. The summed E-state index contributed by atoms with van der Waals surface area (Å²) in [5, 5.41) is 8.64. The van der Waals surface area contributed by atoms with Gasteiger partial charge in [0.25, 0.3) is 0 Å². The summed E-state index contributed by atoms with van der Waals surface area (Å²) in [6, 6.07) is 6.48. The Kier molecular flexibility index (Phi) is 4.85. The van der Waals surface area contributed by atoms with Gasteiger partial charge in [0.1, 0.15) is 0 Å². The average molecular weight is 335 g/mol. The maximum Gasteiger partial charge on any atom is 0.0870 e. The van der Waals surface area contributed by atoms with Crippen molar-refractivity contribution in [2.75, 3.05) is 6.61 Å². The molecule has 0 bridgehead atoms. The van der Waals surface area contributed by atoms with E-state index in [2.05, 4.69) is 53.5 Å². The first-order chi connectivity index (χ1) is 12.3. The molecule has 2 aliphatic rings. The van der Waals surface area contributed by atoms with Gasteiger partial charge in [-0.25, -0.2) is 4.68 Å². The molecule has 2 fully saturated rings. The Labute approximate surface area is 149 Å². The third kappa shape index (κ3) is 4.49. The van der Waals surface area contributed by atoms with Gasteiger partial charge in [0.15, 0.2) is 0 Å². The Bertz CT molecular complexity index is 789. The number of aryl methyl sites for hydroxylation is 1. The van der Waals surface area contributed by atoms with Gasteiger partial charge in [-0.05, 0) is 62.3 Å². The molecule has 0 spiro atoms. The van der Waals surface area contributed by atoms with Crippen LogP contribution in [0, 0.1) is 24.7 Å². The van der Waals surface area contributed by atoms with Crippen LogP contribution >= 0.6 is 0 Å². The largest absolute Gasteiger partial charge is 0.376 e. The molecule has 1 aromatic heterocycles. The fourth-order valence-electron chi connectivity index (χ4n) is 3.22. The highest BCUT2D eigenvalue weighted by Gasteiger charge is 2.18. The van der Waals surface area contributed by atoms with Crippen molar-refractivity contribution in [1.29, 1.82) is 0 Å². The van der Waals surface area contributed by atoms with E-state index in [0.29, 0.717) is 5.92 Å². The van der Waals surface area contributed by atoms with E-state index in [1.807, 2.05) is 4.68 Å². The molecule has 4 heteroatoms. The first-order valence-electron chi connectivity index (χ1n) is 9.38. The minimum atomic E-state index is 0.283. The molecular weight excluding hydrogens is 310 g/mol. The number of hydrogen-bond acceptors (Lipinski definition) is 3. The standard InChI is InChI=1S/C21H25N3O/c1-16-5-6-18(10-9-17-7-8-17)12-19(16)13-20-14-24(23-22-20)15-21-4-2-3-11-25-21/h5-6,12,14,17,21H,2-4,7-8,11,13,15H2,1H3. The summed E-state index contributed by atoms with van der Waals surface area (Å²) in [4.78, 5) is 0. The molecule has 1 aliphatic heterocycles. The molecule has 1 saturated heterocycles. The molecule has 1 saturated carbocycles. The number of benzene rings is 1. The van der Waals surface area contributed by atoms with Gasteiger partial charge in [-0.3, -0.25) is 0 Å². The molecule has 1 aliphatic carbocycles. The van der Waals surface area contributed by atoms with Gasteiger partial charge in [-0.2, -0.15) is 0 Å². The maximum atomic E-state index is 5.79. The molecule has 4 rings (SSSR count). The van der Waals surface area contributed by atoms with Gasteiger partial charge in [-0.1, -0.05) is 23.1 Å². The maximum absolute atomic E-state index is 5.79. The normalized spacial score (nSPS) is 20.1. The highest BCUT2D eigenvalue weighted by Crippen LogP contribution is 2.27. The summed E-state index contributed by atoms with van der Waals surface area (Å²) in [5.74, 6) is 7.28. The molecule has 2 heterocycles. The smallest absolute Gasteiger partial charge is 0.0870 e. The Morgan fingerprint density at radius 3 is 2.96 bits per heavy atom. The molecule has 0 radical (unpaired) electrons. The lowest BCUT2D eigenvalue weighted by molar-refractivity contribution is 0.00370. The summed E-state index contributed by atoms with van der Waals surface area (Å²) < 4.78 is 7.72. The van der Waals surface area contributed by atoms with E-state index in [0.717, 1.165) is 37.3 Å². The fourth-order valence-corrected chi connectivity index (χ4v) is 3.22. The summed E-state index contributed by atoms with van der Waals surface area (Å²) in [6.45, 7) is 3.83. The van der Waals surface area contributed by atoms with Crippen LogP contribution < -0.4 is 0 Å². The van der Waals surface area contributed by atoms with Gasteiger partial charge < -0.3 is 4.74 Å². The molecular formula is C21H25N3O. The highest BCUT2D eigenvalue weighted by atomic mass is 16.5. The van der Waals surface area contributed by atoms with Crippen molar-refractivity contribution < 1.29 is 4.74 Å². The van der Waals surface area contributed by atoms with Crippen molar-refractivity contribution in [3.63, 3.8) is 0 Å². The van der Waals surface area contributed by atoms with Crippen molar-refractivity contribution in [3.05, 3.63) is 46.8 Å². The van der Waals surface area contributed by atoms with E-state index >= 15 is 0 Å². The molecule has 1 atom stereocenters. The van der Waals surface area contributed by atoms with E-state index in [4.69, 9.17) is 4.74 Å². The van der Waals surface area contributed by atoms with Crippen LogP contribution in [0.1, 0.15) is 54.5 Å². The van der Waals surface area contributed by atoms with Crippen molar-refractivity contribution in [2.24, 2.45) is 5.92 Å². The molecule has 4 nitrogen and oxygen atoms in total. The topological polar surface area (TPSA) is 39.9 Å². The van der Waals surface area contributed by atoms with Crippen LogP contribution in [-0.2, 0) is 17.7 Å². The van der Waals surface area contributed by atoms with Crippen LogP contribution in [0.15, 0.2) is 24.4 Å². The number of rotatable bonds is 4. The van der Waals surface area contributed by atoms with Crippen molar-refractivity contribution in [3.8, 4) is 11.8 Å². The minimum Gasteiger partial charge on any atom is -0.376 e. The van der Waals surface area contributed by atoms with Crippen LogP contribution in [0.25, 0.3) is 0 Å². The number of nitrogens with zero attached hydrogens (tertiary/aromatic N) is 3. The summed E-state index contributed by atoms with van der Waals surface area (Å²) in [6.07, 6.45) is 9.22. The van der Waals surface area contributed by atoms with E-state index in [1.54, 1.807) is 0 Å². The first kappa shape index (κ1) is 16.4. The van der Waals surface area contributed by atoms with Gasteiger partial charge in [0, 0.05) is 30.7 Å². The second-order valence-corrected chi connectivity index (χ2v) is 7.28. The zero-order valence-electron chi connectivity index (χ0n) is 14.9. The molecule has 0 amide bonds. The van der Waals surface area contributed by atoms with Crippen molar-refractivity contribution in [1.82, 2.24) is 15.0 Å². The second-order valence-electron chi connectivity index (χ2n) is 7.28. The molecule has 0 N–H and O–H groups in total. The Balaban J connectivity index is 1.43. The third-order valence-electron chi connectivity index (χ3n) is 4.97. The molecule has 130 valence electrons. The number of aromatic nitrogens is 3. The van der Waals surface area contributed by atoms with E-state index in [9.17, 15) is 0 Å². The fraction of sp³-hybridized carbons (Fsp3) is 0.524. The van der Waals surface area contributed by atoms with Gasteiger partial charge >= 0.3 is 0 Å². The predicted molar refractivity (Wildman–Crippen MR) is 97.2 cm³/mol.